The number of carbonyl (C=O) groups excluding carboxylic acids is 3. The molecule has 3 N–H and O–H groups in total. The van der Waals surface area contributed by atoms with Crippen molar-refractivity contribution in [2.45, 2.75) is 103 Å². The number of carbonyl (C=O) groups is 3. The molecule has 0 radical (unpaired) electrons. The van der Waals surface area contributed by atoms with Crippen LogP contribution in [-0.4, -0.2) is 113 Å². The van der Waals surface area contributed by atoms with E-state index in [4.69, 9.17) is 35.8 Å². The molecule has 1 saturated heterocycles. The monoisotopic (exact) mass is 1030 g/mol. The van der Waals surface area contributed by atoms with Crippen LogP contribution in [-0.2, 0) is 23.9 Å². The van der Waals surface area contributed by atoms with Gasteiger partial charge in [0.1, 0.15) is 40.3 Å². The Kier molecular flexibility index (Phi) is 16.8. The predicted molar refractivity (Wildman–Crippen MR) is 284 cm³/mol. The van der Waals surface area contributed by atoms with Crippen LogP contribution < -0.4 is 20.7 Å². The van der Waals surface area contributed by atoms with Gasteiger partial charge in [-0.15, -0.1) is 32.9 Å². The van der Waals surface area contributed by atoms with Crippen LogP contribution in [0.15, 0.2) is 71.0 Å². The van der Waals surface area contributed by atoms with E-state index >= 15 is 0 Å². The van der Waals surface area contributed by atoms with Crippen molar-refractivity contribution in [1.82, 2.24) is 40.6 Å². The largest absolute Gasteiger partial charge is 0.491 e. The number of nitrogens with zero attached hydrogens (tertiary/aromatic N) is 6. The number of likely N-dealkylation sites (tertiary alicyclic amines) is 1. The van der Waals surface area contributed by atoms with Crippen molar-refractivity contribution in [3.63, 3.8) is 0 Å². The van der Waals surface area contributed by atoms with Gasteiger partial charge in [-0.05, 0) is 102 Å². The summed E-state index contributed by atoms with van der Waals surface area (Å²) >= 11 is 9.52. The number of thiophene rings is 1. The Morgan fingerprint density at radius 3 is 2.40 bits per heavy atom. The number of aryl methyl sites for hydroxylation is 2. The molecule has 2 fully saturated rings. The van der Waals surface area contributed by atoms with Gasteiger partial charge in [0.25, 0.3) is 0 Å². The van der Waals surface area contributed by atoms with E-state index in [9.17, 15) is 14.4 Å². The minimum absolute atomic E-state index is 0.0102. The maximum absolute atomic E-state index is 14.4. The quantitative estimate of drug-likeness (QED) is 0.0627. The fraction of sp³-hybridized carbons (Fsp3) is 0.463. The van der Waals surface area contributed by atoms with Gasteiger partial charge < -0.3 is 35.1 Å². The van der Waals surface area contributed by atoms with Gasteiger partial charge in [0.2, 0.25) is 17.7 Å². The number of rotatable bonds is 20. The van der Waals surface area contributed by atoms with Crippen LogP contribution in [0.2, 0.25) is 5.02 Å². The molecule has 0 bridgehead atoms. The van der Waals surface area contributed by atoms with Crippen molar-refractivity contribution >= 4 is 68.5 Å². The van der Waals surface area contributed by atoms with E-state index in [2.05, 4.69) is 63.6 Å². The zero-order valence-corrected chi connectivity index (χ0v) is 44.1. The molecule has 3 amide bonds. The van der Waals surface area contributed by atoms with Gasteiger partial charge in [-0.1, -0.05) is 67.3 Å². The molecule has 15 nitrogen and oxygen atoms in total. The smallest absolute Gasteiger partial charge is 0.246 e. The van der Waals surface area contributed by atoms with E-state index in [0.717, 1.165) is 105 Å². The lowest BCUT2D eigenvalue weighted by molar-refractivity contribution is -0.139. The average Bonchev–Trinajstić information content (AvgIpc) is 4.21. The fourth-order valence-corrected chi connectivity index (χ4v) is 12.4. The minimum atomic E-state index is -0.553. The number of benzene rings is 3. The van der Waals surface area contributed by atoms with E-state index in [1.54, 1.807) is 29.7 Å². The molecule has 0 unspecified atom stereocenters. The van der Waals surface area contributed by atoms with Crippen molar-refractivity contribution < 1.29 is 28.6 Å². The van der Waals surface area contributed by atoms with E-state index < -0.39 is 12.1 Å². The second-order valence-electron chi connectivity index (χ2n) is 18.8. The molecule has 18 heteroatoms. The van der Waals surface area contributed by atoms with Crippen LogP contribution >= 0.6 is 34.3 Å². The highest BCUT2D eigenvalue weighted by Crippen LogP contribution is 2.42. The molecular weight excluding hydrogens is 970 g/mol. The Morgan fingerprint density at radius 1 is 0.875 bits per heavy atom. The Labute approximate surface area is 434 Å². The van der Waals surface area contributed by atoms with Crippen molar-refractivity contribution in [3.8, 4) is 22.0 Å². The lowest BCUT2D eigenvalue weighted by Gasteiger charge is -2.35. The average molecular weight is 1030 g/mol. The first-order valence-electron chi connectivity index (χ1n) is 25.2. The van der Waals surface area contributed by atoms with Crippen LogP contribution in [0.5, 0.6) is 5.75 Å². The highest BCUT2D eigenvalue weighted by atomic mass is 35.5. The zero-order chi connectivity index (χ0) is 50.3. The van der Waals surface area contributed by atoms with Gasteiger partial charge in [0.05, 0.1) is 56.3 Å². The molecule has 2 aliphatic heterocycles. The second-order valence-corrected chi connectivity index (χ2v) is 21.4. The maximum atomic E-state index is 14.4. The summed E-state index contributed by atoms with van der Waals surface area (Å²) in [6.45, 7) is 10.7. The van der Waals surface area contributed by atoms with Crippen molar-refractivity contribution in [3.05, 3.63) is 109 Å². The van der Waals surface area contributed by atoms with Gasteiger partial charge in [-0.2, -0.15) is 0 Å². The first-order chi connectivity index (χ1) is 35.0. The molecule has 1 aliphatic carbocycles. The summed E-state index contributed by atoms with van der Waals surface area (Å²) in [5.74, 6) is 1.97. The van der Waals surface area contributed by atoms with E-state index in [0.29, 0.717) is 57.0 Å². The van der Waals surface area contributed by atoms with Gasteiger partial charge in [-0.25, -0.2) is 4.98 Å². The number of aromatic nitrogens is 4. The number of likely N-dealkylation sites (N-methyl/N-ethyl adjacent to an activating group) is 1. The third kappa shape index (κ3) is 11.3. The number of aliphatic imine (C=N–C) groups is 1. The van der Waals surface area contributed by atoms with Crippen LogP contribution in [0.25, 0.3) is 27.0 Å². The van der Waals surface area contributed by atoms with Crippen LogP contribution in [0.1, 0.15) is 109 Å². The molecule has 4 atom stereocenters. The third-order valence-corrected chi connectivity index (χ3v) is 16.6. The normalized spacial score (nSPS) is 17.8. The first-order valence-corrected chi connectivity index (χ1v) is 27.2. The highest BCUT2D eigenvalue weighted by Gasteiger charge is 2.40. The number of hydrogen-bond donors (Lipinski definition) is 3. The van der Waals surface area contributed by atoms with Crippen molar-refractivity contribution in [2.24, 2.45) is 10.9 Å². The number of hydrogen-bond acceptors (Lipinski definition) is 13. The summed E-state index contributed by atoms with van der Waals surface area (Å²) < 4.78 is 19.9. The lowest BCUT2D eigenvalue weighted by Crippen LogP contribution is -2.55. The van der Waals surface area contributed by atoms with Gasteiger partial charge in [0.15, 0.2) is 5.82 Å². The van der Waals surface area contributed by atoms with Gasteiger partial charge in [0, 0.05) is 50.4 Å². The van der Waals surface area contributed by atoms with Crippen LogP contribution in [0, 0.1) is 26.7 Å². The number of thiazole rings is 1. The SMILES string of the molecule is CN[C@@H](C)C(=O)N[C@H](C(=O)N1CCC[C@H]1c1nc(-c2ccc(OCCOCCOCCNC(=O)C[C@@H]3N=C(c4ccc(Cl)cc4)c4c(sc(C)c4C)-n4c(C)nnc43)c3ccccc23)cs1)C1CCCCC1. The number of fused-ring (bicyclic) bond motifs is 4. The molecule has 6 aromatic rings. The van der Waals surface area contributed by atoms with Gasteiger partial charge in [-0.3, -0.25) is 23.9 Å². The molecule has 1 saturated carbocycles. The minimum Gasteiger partial charge on any atom is -0.491 e. The summed E-state index contributed by atoms with van der Waals surface area (Å²) in [7, 11) is 1.76. The Bertz CT molecular complexity index is 2910. The van der Waals surface area contributed by atoms with E-state index in [1.165, 1.54) is 11.3 Å². The summed E-state index contributed by atoms with van der Waals surface area (Å²) in [4.78, 5) is 54.3. The molecule has 3 aromatic heterocycles. The van der Waals surface area contributed by atoms with E-state index in [-0.39, 0.29) is 42.1 Å². The Hall–Kier alpha value is -5.56. The fourth-order valence-electron chi connectivity index (χ4n) is 10.1. The molecule has 3 aliphatic rings. The number of amides is 3. The lowest BCUT2D eigenvalue weighted by atomic mass is 9.83. The van der Waals surface area contributed by atoms with Crippen LogP contribution in [0.4, 0.5) is 0 Å². The first kappa shape index (κ1) is 51.3. The summed E-state index contributed by atoms with van der Waals surface area (Å²) in [5, 5.41) is 24.7. The molecule has 380 valence electrons. The van der Waals surface area contributed by atoms with Crippen molar-refractivity contribution in [2.75, 3.05) is 53.2 Å². The Balaban J connectivity index is 0.741. The maximum Gasteiger partial charge on any atom is 0.246 e. The molecule has 72 heavy (non-hydrogen) atoms. The standard InChI is InChI=1S/C54H64ClN9O6S2/c1-32-34(3)72-54-47(32)48(37-17-19-38(55)20-18-37)58-42(50-62-61-35(4)64(50)54)30-46(65)57-23-25-68-26-27-69-28-29-70-45-22-21-40(39-14-9-10-15-41(39)45)43-31-71-52(59-43)44-16-11-24-63(44)53(67)49(36-12-7-6-8-13-36)60-51(66)33(2)56-5/h9-10,14-15,17-22,31,33,36,42,44,49,56H,6-8,11-13,16,23-30H2,1-5H3,(H,57,65)(H,60,66)/t33-,42-,44-,49-/m0/s1. The number of ether oxygens (including phenoxy) is 3. The molecule has 0 spiro atoms. The summed E-state index contributed by atoms with van der Waals surface area (Å²) in [5.41, 5.74) is 5.74. The number of nitrogens with one attached hydrogen (secondary N) is 3. The van der Waals surface area contributed by atoms with E-state index in [1.807, 2.05) is 65.8 Å². The van der Waals surface area contributed by atoms with Crippen LogP contribution in [0.3, 0.4) is 0 Å². The molecule has 3 aromatic carbocycles. The molecule has 9 rings (SSSR count). The number of halogens is 1. The predicted octanol–water partition coefficient (Wildman–Crippen LogP) is 9.03. The van der Waals surface area contributed by atoms with Crippen molar-refractivity contribution in [1.29, 1.82) is 0 Å². The van der Waals surface area contributed by atoms with Gasteiger partial charge >= 0.3 is 0 Å². The molecular formula is C54H64ClN9O6S2. The summed E-state index contributed by atoms with van der Waals surface area (Å²) in [6.07, 6.45) is 7.05. The second kappa shape index (κ2) is 23.5. The highest BCUT2D eigenvalue weighted by molar-refractivity contribution is 7.15. The summed E-state index contributed by atoms with van der Waals surface area (Å²) in [6, 6.07) is 18.2. The molecule has 5 heterocycles. The Morgan fingerprint density at radius 2 is 1.62 bits per heavy atom. The zero-order valence-electron chi connectivity index (χ0n) is 41.7. The third-order valence-electron chi connectivity index (χ3n) is 14.2. The topological polar surface area (TPSA) is 174 Å².